The fourth-order valence-electron chi connectivity index (χ4n) is 2.95. The zero-order valence-electron chi connectivity index (χ0n) is 19.1. The van der Waals surface area contributed by atoms with Gasteiger partial charge in [0.15, 0.2) is 0 Å². The lowest BCUT2D eigenvalue weighted by Crippen LogP contribution is -2.40. The molecule has 0 saturated heterocycles. The van der Waals surface area contributed by atoms with Gasteiger partial charge in [0.25, 0.3) is 0 Å². The molecule has 3 rings (SSSR count). The SMILES string of the molecule is COc1ccc(Nc2nc(C)c(C)c(Nc3cccc(S(=O)(=O)NC(C)(C)C)c3)n2)cc1. The molecule has 0 fully saturated rings. The minimum atomic E-state index is -3.65. The number of anilines is 4. The molecule has 0 bridgehead atoms. The van der Waals surface area contributed by atoms with Crippen LogP contribution in [0.2, 0.25) is 0 Å². The summed E-state index contributed by atoms with van der Waals surface area (Å²) < 4.78 is 33.2. The van der Waals surface area contributed by atoms with Crippen molar-refractivity contribution in [2.45, 2.75) is 45.1 Å². The number of hydrogen-bond donors (Lipinski definition) is 3. The molecule has 0 spiro atoms. The van der Waals surface area contributed by atoms with Crippen LogP contribution in [0.4, 0.5) is 23.1 Å². The van der Waals surface area contributed by atoms with Crippen LogP contribution in [-0.2, 0) is 10.0 Å². The van der Waals surface area contributed by atoms with E-state index in [2.05, 4.69) is 25.3 Å². The van der Waals surface area contributed by atoms with E-state index >= 15 is 0 Å². The number of sulfonamides is 1. The van der Waals surface area contributed by atoms with Crippen LogP contribution in [0.25, 0.3) is 0 Å². The fraction of sp³-hybridized carbons (Fsp3) is 0.304. The molecular weight excluding hydrogens is 426 g/mol. The number of aromatic nitrogens is 2. The van der Waals surface area contributed by atoms with E-state index in [-0.39, 0.29) is 4.90 Å². The van der Waals surface area contributed by atoms with Crippen molar-refractivity contribution in [3.63, 3.8) is 0 Å². The van der Waals surface area contributed by atoms with Crippen LogP contribution in [0.1, 0.15) is 32.0 Å². The smallest absolute Gasteiger partial charge is 0.241 e. The highest BCUT2D eigenvalue weighted by Crippen LogP contribution is 2.25. The van der Waals surface area contributed by atoms with Crippen molar-refractivity contribution >= 4 is 33.2 Å². The van der Waals surface area contributed by atoms with Crippen molar-refractivity contribution in [3.05, 3.63) is 59.8 Å². The van der Waals surface area contributed by atoms with Gasteiger partial charge in [-0.3, -0.25) is 0 Å². The van der Waals surface area contributed by atoms with Gasteiger partial charge in [0.1, 0.15) is 11.6 Å². The Balaban J connectivity index is 1.87. The van der Waals surface area contributed by atoms with E-state index in [0.29, 0.717) is 17.5 Å². The lowest BCUT2D eigenvalue weighted by molar-refractivity contribution is 0.415. The van der Waals surface area contributed by atoms with E-state index in [1.54, 1.807) is 52.1 Å². The van der Waals surface area contributed by atoms with Crippen LogP contribution >= 0.6 is 0 Å². The molecule has 0 aliphatic carbocycles. The van der Waals surface area contributed by atoms with Gasteiger partial charge < -0.3 is 15.4 Å². The third-order valence-electron chi connectivity index (χ3n) is 4.58. The second-order valence-corrected chi connectivity index (χ2v) is 10.2. The highest BCUT2D eigenvalue weighted by atomic mass is 32.2. The number of ether oxygens (including phenoxy) is 1. The van der Waals surface area contributed by atoms with Crippen molar-refractivity contribution in [3.8, 4) is 5.75 Å². The van der Waals surface area contributed by atoms with E-state index in [9.17, 15) is 8.42 Å². The molecule has 1 heterocycles. The first kappa shape index (κ1) is 23.5. The maximum absolute atomic E-state index is 12.7. The molecule has 0 radical (unpaired) electrons. The Labute approximate surface area is 189 Å². The van der Waals surface area contributed by atoms with Gasteiger partial charge in [-0.1, -0.05) is 6.07 Å². The number of nitrogens with one attached hydrogen (secondary N) is 3. The number of nitrogens with zero attached hydrogens (tertiary/aromatic N) is 2. The molecule has 3 N–H and O–H groups in total. The summed E-state index contributed by atoms with van der Waals surface area (Å²) in [5, 5.41) is 6.42. The van der Waals surface area contributed by atoms with Crippen LogP contribution in [0.5, 0.6) is 5.75 Å². The summed E-state index contributed by atoms with van der Waals surface area (Å²) in [6.45, 7) is 9.22. The van der Waals surface area contributed by atoms with E-state index in [0.717, 1.165) is 22.7 Å². The Morgan fingerprint density at radius 1 is 0.906 bits per heavy atom. The van der Waals surface area contributed by atoms with Crippen molar-refractivity contribution in [2.24, 2.45) is 0 Å². The quantitative estimate of drug-likeness (QED) is 0.475. The largest absolute Gasteiger partial charge is 0.497 e. The monoisotopic (exact) mass is 455 g/mol. The second kappa shape index (κ2) is 9.13. The van der Waals surface area contributed by atoms with Crippen LogP contribution in [-0.4, -0.2) is 31.0 Å². The first-order chi connectivity index (χ1) is 15.0. The standard InChI is InChI=1S/C23H29N5O3S/c1-15-16(2)24-22(26-17-10-12-19(31-6)13-11-17)27-21(15)25-18-8-7-9-20(14-18)32(29,30)28-23(3,4)5/h7-14,28H,1-6H3,(H2,24,25,26,27). The maximum atomic E-state index is 12.7. The minimum Gasteiger partial charge on any atom is -0.497 e. The summed E-state index contributed by atoms with van der Waals surface area (Å²) in [5.41, 5.74) is 2.52. The van der Waals surface area contributed by atoms with Crippen LogP contribution in [0.3, 0.4) is 0 Å². The average Bonchev–Trinajstić information content (AvgIpc) is 2.71. The molecule has 0 atom stereocenters. The van der Waals surface area contributed by atoms with E-state index in [1.807, 2.05) is 38.1 Å². The lowest BCUT2D eigenvalue weighted by atomic mass is 10.1. The number of methoxy groups -OCH3 is 1. The van der Waals surface area contributed by atoms with E-state index in [1.165, 1.54) is 0 Å². The second-order valence-electron chi connectivity index (χ2n) is 8.47. The van der Waals surface area contributed by atoms with Crippen LogP contribution < -0.4 is 20.1 Å². The van der Waals surface area contributed by atoms with Crippen molar-refractivity contribution < 1.29 is 13.2 Å². The first-order valence-corrected chi connectivity index (χ1v) is 11.6. The number of aryl methyl sites for hydroxylation is 1. The fourth-order valence-corrected chi connectivity index (χ4v) is 4.41. The zero-order valence-corrected chi connectivity index (χ0v) is 20.0. The van der Waals surface area contributed by atoms with Crippen molar-refractivity contribution in [1.29, 1.82) is 0 Å². The lowest BCUT2D eigenvalue weighted by Gasteiger charge is -2.20. The van der Waals surface area contributed by atoms with Gasteiger partial charge in [-0.15, -0.1) is 0 Å². The van der Waals surface area contributed by atoms with Crippen molar-refractivity contribution in [2.75, 3.05) is 17.7 Å². The topological polar surface area (TPSA) is 105 Å². The predicted octanol–water partition coefficient (Wildman–Crippen LogP) is 4.67. The summed E-state index contributed by atoms with van der Waals surface area (Å²) in [5.74, 6) is 1.78. The summed E-state index contributed by atoms with van der Waals surface area (Å²) in [6.07, 6.45) is 0. The molecule has 32 heavy (non-hydrogen) atoms. The van der Waals surface area contributed by atoms with Gasteiger partial charge in [0, 0.05) is 28.2 Å². The zero-order chi connectivity index (χ0) is 23.5. The molecule has 0 aliphatic rings. The molecule has 0 amide bonds. The first-order valence-electron chi connectivity index (χ1n) is 10.1. The highest BCUT2D eigenvalue weighted by molar-refractivity contribution is 7.89. The van der Waals surface area contributed by atoms with Gasteiger partial charge in [0.2, 0.25) is 16.0 Å². The number of benzene rings is 2. The highest BCUT2D eigenvalue weighted by Gasteiger charge is 2.22. The molecular formula is C23H29N5O3S. The van der Waals surface area contributed by atoms with Gasteiger partial charge in [0.05, 0.1) is 12.0 Å². The summed E-state index contributed by atoms with van der Waals surface area (Å²) >= 11 is 0. The maximum Gasteiger partial charge on any atom is 0.241 e. The van der Waals surface area contributed by atoms with Crippen molar-refractivity contribution in [1.82, 2.24) is 14.7 Å². The van der Waals surface area contributed by atoms with Crippen LogP contribution in [0.15, 0.2) is 53.4 Å². The molecule has 8 nitrogen and oxygen atoms in total. The predicted molar refractivity (Wildman–Crippen MR) is 128 cm³/mol. The Morgan fingerprint density at radius 3 is 2.22 bits per heavy atom. The Kier molecular flexibility index (Phi) is 6.71. The number of rotatable bonds is 7. The molecule has 0 saturated carbocycles. The minimum absolute atomic E-state index is 0.178. The molecule has 0 aliphatic heterocycles. The van der Waals surface area contributed by atoms with E-state index < -0.39 is 15.6 Å². The third-order valence-corrected chi connectivity index (χ3v) is 6.34. The third kappa shape index (κ3) is 5.95. The summed E-state index contributed by atoms with van der Waals surface area (Å²) in [6, 6.07) is 14.1. The van der Waals surface area contributed by atoms with Gasteiger partial charge >= 0.3 is 0 Å². The van der Waals surface area contributed by atoms with Gasteiger partial charge in [-0.2, -0.15) is 4.98 Å². The Morgan fingerprint density at radius 2 is 1.59 bits per heavy atom. The molecule has 170 valence electrons. The summed E-state index contributed by atoms with van der Waals surface area (Å²) in [7, 11) is -2.03. The molecule has 0 unspecified atom stereocenters. The molecule has 3 aromatic rings. The summed E-state index contributed by atoms with van der Waals surface area (Å²) in [4.78, 5) is 9.28. The van der Waals surface area contributed by atoms with Gasteiger partial charge in [-0.25, -0.2) is 18.1 Å². The van der Waals surface area contributed by atoms with Gasteiger partial charge in [-0.05, 0) is 77.1 Å². The molecule has 1 aromatic heterocycles. The average molecular weight is 456 g/mol. The van der Waals surface area contributed by atoms with E-state index in [4.69, 9.17) is 4.74 Å². The number of hydrogen-bond acceptors (Lipinski definition) is 7. The normalized spacial score (nSPS) is 11.8. The Hall–Kier alpha value is -3.17. The molecule has 2 aromatic carbocycles. The molecule has 9 heteroatoms. The van der Waals surface area contributed by atoms with Crippen LogP contribution in [0, 0.1) is 13.8 Å². The Bertz CT molecular complexity index is 1200.